The Morgan fingerprint density at radius 3 is 1.25 bits per heavy atom. The van der Waals surface area contributed by atoms with Gasteiger partial charge in [0.2, 0.25) is 47.3 Å². The third-order valence-corrected chi connectivity index (χ3v) is 17.7. The van der Waals surface area contributed by atoms with Gasteiger partial charge in [-0.2, -0.15) is 0 Å². The van der Waals surface area contributed by atoms with Gasteiger partial charge in [0.25, 0.3) is 22.2 Å². The molecule has 1 saturated carbocycles. The quantitative estimate of drug-likeness (QED) is 0.0455. The zero-order valence-corrected chi connectivity index (χ0v) is 59.5. The van der Waals surface area contributed by atoms with Crippen LogP contribution in [0.1, 0.15) is 139 Å². The van der Waals surface area contributed by atoms with Crippen LogP contribution < -0.4 is 57.8 Å². The number of rotatable bonds is 18. The van der Waals surface area contributed by atoms with Crippen molar-refractivity contribution in [1.29, 1.82) is 0 Å². The maximum Gasteiger partial charge on any atom is 0.254 e. The number of aryl methyl sites for hydroxylation is 6. The molecule has 3 aliphatic heterocycles. The molecule has 4 aromatic heterocycles. The number of likely N-dealkylation sites (N-methyl/N-ethyl adjacent to an activating group) is 1. The Morgan fingerprint density at radius 2 is 0.854 bits per heavy atom. The van der Waals surface area contributed by atoms with E-state index in [2.05, 4.69) is 55.8 Å². The molecule has 8 aromatic rings. The number of hydrogen-bond donors (Lipinski definition) is 7. The Kier molecular flexibility index (Phi) is 24.9. The number of nitrogens with zero attached hydrogens (tertiary/aromatic N) is 9. The largest absolute Gasteiger partial charge is 0.347 e. The van der Waals surface area contributed by atoms with Gasteiger partial charge in [0.1, 0.15) is 49.5 Å². The van der Waals surface area contributed by atoms with E-state index in [1.807, 2.05) is 70.2 Å². The SMILES string of the molecule is CCc1nc(C)c(CCC(=O)N2CC(=O)Nc3ccccc32)c(=O)[nH]1.Cc1nc(C(C)C)[nH]c(=O)c1CCC(=O)N1CC(=O)Nc2ccccc21.Cc1nc(C)c(CCC(=O)N(CC(=O)N(C)C)c2ccccc2)c(=O)[nH]1.Cc1nc(C2CC2)[nH]c(=O)c1CCC(=O)N1CC(=O)Nc2ccccc21. The van der Waals surface area contributed by atoms with Crippen molar-refractivity contribution >= 4 is 87.1 Å². The lowest BCUT2D eigenvalue weighted by Gasteiger charge is -2.29. The lowest BCUT2D eigenvalue weighted by Crippen LogP contribution is -2.42. The minimum atomic E-state index is -0.228. The Hall–Kier alpha value is -11.8. The third kappa shape index (κ3) is 19.4. The molecule has 0 bridgehead atoms. The highest BCUT2D eigenvalue weighted by molar-refractivity contribution is 6.12. The maximum atomic E-state index is 12.8. The second-order valence-corrected chi connectivity index (χ2v) is 25.8. The molecule has 4 aromatic carbocycles. The summed E-state index contributed by atoms with van der Waals surface area (Å²) in [7, 11) is 3.30. The van der Waals surface area contributed by atoms with E-state index in [0.717, 1.165) is 18.7 Å². The summed E-state index contributed by atoms with van der Waals surface area (Å²) in [6.07, 6.45) is 4.46. The summed E-state index contributed by atoms with van der Waals surface area (Å²) in [6, 6.07) is 30.6. The maximum absolute atomic E-state index is 12.8. The van der Waals surface area contributed by atoms with Crippen LogP contribution in [0.2, 0.25) is 0 Å². The van der Waals surface area contributed by atoms with E-state index in [1.165, 1.54) is 24.5 Å². The van der Waals surface area contributed by atoms with E-state index in [4.69, 9.17) is 0 Å². The van der Waals surface area contributed by atoms with Crippen LogP contribution in [0.5, 0.6) is 0 Å². The standard InChI is InChI=1S/C19H20N4O3.C19H22N4O3.C19H24N4O3.C18H20N4O3/c1-11-13(19(26)22-18(20-11)12-6-7-12)8-9-17(25)23-10-16(24)21-14-4-2-3-5-15(14)23;1-11(2)18-20-12(3)13(19(26)22-18)8-9-17(25)23-10-16(24)21-14-6-4-5-7-15(14)23;1-13-16(19(26)21-14(2)20-13)10-11-17(24)23(12-18(25)22(3)4)15-8-6-5-7-9-15;1-3-15-19-11(2)12(18(25)21-15)8-9-17(24)22-10-16(23)20-13-6-4-5-7-14(13)22/h2-5,12H,6-10H2,1H3,(H,21,24)(H,20,22,26);4-7,11H,8-10H2,1-3H3,(H,21,24)(H,20,22,26);5-9H,10-12H2,1-4H3,(H,20,21,26);4-7H,3,8-10H2,1-2H3,(H,20,23)(H,19,21,25). The van der Waals surface area contributed by atoms with Crippen molar-refractivity contribution in [1.82, 2.24) is 44.8 Å². The van der Waals surface area contributed by atoms with Crippen molar-refractivity contribution in [2.24, 2.45) is 0 Å². The monoisotopic (exact) mass is 1400 g/mol. The highest BCUT2D eigenvalue weighted by Crippen LogP contribution is 2.38. The highest BCUT2D eigenvalue weighted by Gasteiger charge is 2.32. The van der Waals surface area contributed by atoms with Gasteiger partial charge < -0.3 is 60.4 Å². The molecule has 538 valence electrons. The molecule has 12 rings (SSSR count). The van der Waals surface area contributed by atoms with Crippen LogP contribution in [0, 0.1) is 34.6 Å². The summed E-state index contributed by atoms with van der Waals surface area (Å²) >= 11 is 0. The molecule has 8 amide bonds. The van der Waals surface area contributed by atoms with Gasteiger partial charge in [-0.1, -0.05) is 75.4 Å². The molecular weight excluding hydrogens is 1320 g/mol. The number of amides is 8. The number of carbonyl (C=O) groups excluding carboxylic acids is 8. The molecule has 0 spiro atoms. The van der Waals surface area contributed by atoms with Crippen molar-refractivity contribution in [3.63, 3.8) is 0 Å². The number of aromatic nitrogens is 8. The van der Waals surface area contributed by atoms with E-state index < -0.39 is 0 Å². The lowest BCUT2D eigenvalue weighted by molar-refractivity contribution is -0.129. The van der Waals surface area contributed by atoms with Gasteiger partial charge in [-0.25, -0.2) is 19.9 Å². The first-order valence-electron chi connectivity index (χ1n) is 34.2. The number of fused-ring (bicyclic) bond motifs is 3. The predicted molar refractivity (Wildman–Crippen MR) is 392 cm³/mol. The second kappa shape index (κ2) is 34.0. The van der Waals surface area contributed by atoms with Crippen LogP contribution in [0.15, 0.2) is 122 Å². The van der Waals surface area contributed by atoms with Crippen molar-refractivity contribution < 1.29 is 38.4 Å². The van der Waals surface area contributed by atoms with Gasteiger partial charge in [-0.15, -0.1) is 0 Å². The van der Waals surface area contributed by atoms with Crippen molar-refractivity contribution in [3.05, 3.63) is 213 Å². The van der Waals surface area contributed by atoms with E-state index in [1.54, 1.807) is 102 Å². The number of para-hydroxylation sites is 7. The number of nitrogens with one attached hydrogen (secondary N) is 7. The molecule has 28 heteroatoms. The molecule has 103 heavy (non-hydrogen) atoms. The first-order chi connectivity index (χ1) is 49.2. The fourth-order valence-corrected chi connectivity index (χ4v) is 11.9. The Labute approximate surface area is 594 Å². The summed E-state index contributed by atoms with van der Waals surface area (Å²) in [5, 5.41) is 8.27. The molecule has 1 fully saturated rings. The topological polar surface area (TPSA) is 372 Å². The molecule has 0 unspecified atom stereocenters. The van der Waals surface area contributed by atoms with E-state index in [-0.39, 0.29) is 147 Å². The Balaban J connectivity index is 0.000000160. The van der Waals surface area contributed by atoms with Gasteiger partial charge in [-0.05, 0) is 122 Å². The number of hydrogen-bond acceptors (Lipinski definition) is 16. The molecule has 1 aliphatic carbocycles. The van der Waals surface area contributed by atoms with Gasteiger partial charge in [0.15, 0.2) is 0 Å². The first-order valence-corrected chi connectivity index (χ1v) is 34.2. The summed E-state index contributed by atoms with van der Waals surface area (Å²) in [6.45, 7) is 14.6. The van der Waals surface area contributed by atoms with Crippen LogP contribution in [0.4, 0.5) is 39.8 Å². The van der Waals surface area contributed by atoms with Gasteiger partial charge in [0.05, 0.1) is 34.1 Å². The number of aromatic amines is 4. The minimum absolute atomic E-state index is 0.00987. The van der Waals surface area contributed by atoms with E-state index in [0.29, 0.717) is 121 Å². The fourth-order valence-electron chi connectivity index (χ4n) is 11.9. The molecule has 0 saturated heterocycles. The summed E-state index contributed by atoms with van der Waals surface area (Å²) in [5.41, 5.74) is 8.42. The molecule has 0 atom stereocenters. The van der Waals surface area contributed by atoms with Crippen LogP contribution in [0.3, 0.4) is 0 Å². The molecule has 28 nitrogen and oxygen atoms in total. The average Bonchev–Trinajstić information content (AvgIpc) is 1.80. The molecular formula is C75H86N16O12. The van der Waals surface area contributed by atoms with Gasteiger partial charge in [-0.3, -0.25) is 57.5 Å². The molecule has 0 radical (unpaired) electrons. The van der Waals surface area contributed by atoms with Crippen molar-refractivity contribution in [3.8, 4) is 0 Å². The number of H-pyrrole nitrogens is 4. The normalized spacial score (nSPS) is 13.4. The summed E-state index contributed by atoms with van der Waals surface area (Å²) < 4.78 is 0. The van der Waals surface area contributed by atoms with Gasteiger partial charge >= 0.3 is 0 Å². The number of anilines is 7. The van der Waals surface area contributed by atoms with Crippen LogP contribution in [-0.4, -0.2) is 132 Å². The highest BCUT2D eigenvalue weighted by atomic mass is 16.2. The third-order valence-electron chi connectivity index (χ3n) is 17.7. The van der Waals surface area contributed by atoms with Crippen LogP contribution >= 0.6 is 0 Å². The predicted octanol–water partition coefficient (Wildman–Crippen LogP) is 6.99. The summed E-state index contributed by atoms with van der Waals surface area (Å²) in [5.74, 6) is 1.44. The molecule has 7 heterocycles. The van der Waals surface area contributed by atoms with Crippen LogP contribution in [0.25, 0.3) is 0 Å². The first kappa shape index (κ1) is 75.4. The van der Waals surface area contributed by atoms with Gasteiger partial charge in [0, 0.05) is 109 Å². The number of benzene rings is 4. The summed E-state index contributed by atoms with van der Waals surface area (Å²) in [4.78, 5) is 183. The van der Waals surface area contributed by atoms with Crippen molar-refractivity contribution in [2.75, 3.05) is 75.8 Å². The van der Waals surface area contributed by atoms with E-state index >= 15 is 0 Å². The second-order valence-electron chi connectivity index (χ2n) is 25.8. The van der Waals surface area contributed by atoms with Crippen LogP contribution in [-0.2, 0) is 70.5 Å². The average molecular weight is 1400 g/mol. The molecule has 4 aliphatic rings. The minimum Gasteiger partial charge on any atom is -0.347 e. The Morgan fingerprint density at radius 1 is 0.466 bits per heavy atom. The zero-order valence-electron chi connectivity index (χ0n) is 59.5. The number of carbonyl (C=O) groups is 8. The fraction of sp³-hybridized carbons (Fsp3) is 0.360. The molecule has 7 N–H and O–H groups in total. The lowest BCUT2D eigenvalue weighted by atomic mass is 10.1. The Bertz CT molecular complexity index is 4640. The van der Waals surface area contributed by atoms with Crippen molar-refractivity contribution in [2.45, 2.75) is 138 Å². The zero-order chi connectivity index (χ0) is 74.3. The smallest absolute Gasteiger partial charge is 0.254 e. The van der Waals surface area contributed by atoms with E-state index in [9.17, 15) is 57.5 Å².